The van der Waals surface area contributed by atoms with E-state index in [4.69, 9.17) is 4.74 Å². The summed E-state index contributed by atoms with van der Waals surface area (Å²) in [6, 6.07) is 10.1. The van der Waals surface area contributed by atoms with Crippen LogP contribution < -0.4 is 5.32 Å². The number of ether oxygens (including phenoxy) is 1. The first-order chi connectivity index (χ1) is 8.33. The maximum absolute atomic E-state index is 11.9. The Morgan fingerprint density at radius 2 is 1.95 bits per heavy atom. The van der Waals surface area contributed by atoms with Crippen molar-refractivity contribution in [2.75, 3.05) is 13.7 Å². The van der Waals surface area contributed by atoms with Gasteiger partial charge in [0.2, 0.25) is 0 Å². The summed E-state index contributed by atoms with van der Waals surface area (Å²) >= 11 is 0. The molecular formula is C14H21Cl2NO2. The van der Waals surface area contributed by atoms with E-state index in [0.717, 1.165) is 18.5 Å². The second-order valence-corrected chi connectivity index (χ2v) is 4.47. The van der Waals surface area contributed by atoms with Gasteiger partial charge in [0.05, 0.1) is 13.0 Å². The van der Waals surface area contributed by atoms with E-state index in [1.54, 1.807) is 0 Å². The van der Waals surface area contributed by atoms with Gasteiger partial charge in [0, 0.05) is 6.04 Å². The molecule has 0 radical (unpaired) electrons. The fraction of sp³-hybridized carbons (Fsp3) is 0.500. The van der Waals surface area contributed by atoms with Crippen LogP contribution in [0, 0.1) is 0 Å². The van der Waals surface area contributed by atoms with Crippen LogP contribution in [0.15, 0.2) is 30.3 Å². The molecule has 5 heteroatoms. The number of benzene rings is 1. The van der Waals surface area contributed by atoms with Crippen molar-refractivity contribution in [2.24, 2.45) is 0 Å². The van der Waals surface area contributed by atoms with E-state index < -0.39 is 0 Å². The zero-order valence-electron chi connectivity index (χ0n) is 11.0. The number of piperidine rings is 1. The highest BCUT2D eigenvalue weighted by molar-refractivity contribution is 5.85. The van der Waals surface area contributed by atoms with Crippen molar-refractivity contribution in [1.82, 2.24) is 5.32 Å². The van der Waals surface area contributed by atoms with E-state index in [9.17, 15) is 4.79 Å². The minimum absolute atomic E-state index is 0. The van der Waals surface area contributed by atoms with Crippen molar-refractivity contribution >= 4 is 30.8 Å². The van der Waals surface area contributed by atoms with Crippen LogP contribution in [0.1, 0.15) is 30.7 Å². The first-order valence-electron chi connectivity index (χ1n) is 6.19. The van der Waals surface area contributed by atoms with E-state index in [1.165, 1.54) is 20.0 Å². The van der Waals surface area contributed by atoms with Crippen LogP contribution in [-0.2, 0) is 9.53 Å². The Morgan fingerprint density at radius 1 is 1.26 bits per heavy atom. The molecule has 2 rings (SSSR count). The lowest BCUT2D eigenvalue weighted by Crippen LogP contribution is -2.42. The van der Waals surface area contributed by atoms with Crippen LogP contribution in [-0.4, -0.2) is 25.7 Å². The fourth-order valence-corrected chi connectivity index (χ4v) is 2.48. The Morgan fingerprint density at radius 3 is 2.47 bits per heavy atom. The molecule has 1 aromatic carbocycles. The molecular weight excluding hydrogens is 285 g/mol. The average molecular weight is 306 g/mol. The number of rotatable bonds is 3. The molecule has 0 unspecified atom stereocenters. The SMILES string of the molecule is COC(=O)[C@H](c1ccccc1)[C@H]1CCCCN1.Cl.Cl. The normalized spacial score (nSPS) is 19.5. The largest absolute Gasteiger partial charge is 0.469 e. The van der Waals surface area contributed by atoms with Gasteiger partial charge in [0.15, 0.2) is 0 Å². The van der Waals surface area contributed by atoms with Gasteiger partial charge in [-0.3, -0.25) is 4.79 Å². The first kappa shape index (κ1) is 18.2. The number of hydrogen-bond acceptors (Lipinski definition) is 3. The molecule has 0 bridgehead atoms. The molecule has 0 amide bonds. The van der Waals surface area contributed by atoms with Gasteiger partial charge in [-0.15, -0.1) is 24.8 Å². The predicted octanol–water partition coefficient (Wildman–Crippen LogP) is 2.93. The molecule has 0 aromatic heterocycles. The van der Waals surface area contributed by atoms with Gasteiger partial charge in [-0.05, 0) is 24.9 Å². The standard InChI is InChI=1S/C14H19NO2.2ClH/c1-17-14(16)13(11-7-3-2-4-8-11)12-9-5-6-10-15-12;;/h2-4,7-8,12-13,15H,5-6,9-10H2,1H3;2*1H/t12-,13-;;/m1../s1. The molecule has 2 atom stereocenters. The molecule has 1 N–H and O–H groups in total. The lowest BCUT2D eigenvalue weighted by molar-refractivity contribution is -0.143. The van der Waals surface area contributed by atoms with Crippen molar-refractivity contribution in [3.63, 3.8) is 0 Å². The molecule has 1 aliphatic rings. The summed E-state index contributed by atoms with van der Waals surface area (Å²) in [7, 11) is 1.46. The number of carbonyl (C=O) groups excluding carboxylic acids is 1. The Kier molecular flexibility index (Phi) is 8.81. The highest BCUT2D eigenvalue weighted by Gasteiger charge is 2.31. The third-order valence-corrected chi connectivity index (χ3v) is 3.36. The van der Waals surface area contributed by atoms with Crippen molar-refractivity contribution in [2.45, 2.75) is 31.2 Å². The molecule has 1 aromatic rings. The van der Waals surface area contributed by atoms with Gasteiger partial charge < -0.3 is 10.1 Å². The summed E-state index contributed by atoms with van der Waals surface area (Å²) in [4.78, 5) is 11.9. The molecule has 0 aliphatic carbocycles. The molecule has 108 valence electrons. The minimum Gasteiger partial charge on any atom is -0.469 e. The van der Waals surface area contributed by atoms with Gasteiger partial charge in [0.25, 0.3) is 0 Å². The Balaban J connectivity index is 0.00000162. The van der Waals surface area contributed by atoms with E-state index in [1.807, 2.05) is 30.3 Å². The third kappa shape index (κ3) is 4.68. The molecule has 1 fully saturated rings. The number of hydrogen-bond donors (Lipinski definition) is 1. The van der Waals surface area contributed by atoms with Crippen LogP contribution in [0.2, 0.25) is 0 Å². The lowest BCUT2D eigenvalue weighted by atomic mass is 9.86. The summed E-state index contributed by atoms with van der Waals surface area (Å²) in [6.45, 7) is 0.991. The molecule has 19 heavy (non-hydrogen) atoms. The smallest absolute Gasteiger partial charge is 0.314 e. The third-order valence-electron chi connectivity index (χ3n) is 3.36. The molecule has 0 spiro atoms. The van der Waals surface area contributed by atoms with Crippen molar-refractivity contribution in [3.05, 3.63) is 35.9 Å². The van der Waals surface area contributed by atoms with Gasteiger partial charge in [-0.1, -0.05) is 36.8 Å². The van der Waals surface area contributed by atoms with E-state index in [-0.39, 0.29) is 42.7 Å². The number of halogens is 2. The average Bonchev–Trinajstić information content (AvgIpc) is 2.41. The summed E-state index contributed by atoms with van der Waals surface area (Å²) in [5.74, 6) is -0.322. The van der Waals surface area contributed by atoms with Crippen LogP contribution in [0.3, 0.4) is 0 Å². The molecule has 1 saturated heterocycles. The summed E-state index contributed by atoms with van der Waals surface area (Å²) < 4.78 is 4.94. The Hall–Kier alpha value is -0.770. The second-order valence-electron chi connectivity index (χ2n) is 4.47. The zero-order chi connectivity index (χ0) is 12.1. The van der Waals surface area contributed by atoms with Crippen molar-refractivity contribution in [3.8, 4) is 0 Å². The van der Waals surface area contributed by atoms with E-state index in [0.29, 0.717) is 0 Å². The van der Waals surface area contributed by atoms with E-state index >= 15 is 0 Å². The molecule has 1 heterocycles. The predicted molar refractivity (Wildman–Crippen MR) is 81.3 cm³/mol. The number of methoxy groups -OCH3 is 1. The zero-order valence-corrected chi connectivity index (χ0v) is 12.6. The Bertz CT molecular complexity index is 367. The van der Waals surface area contributed by atoms with E-state index in [2.05, 4.69) is 5.32 Å². The number of esters is 1. The minimum atomic E-state index is -0.179. The van der Waals surface area contributed by atoms with Crippen LogP contribution in [0.4, 0.5) is 0 Å². The van der Waals surface area contributed by atoms with Crippen molar-refractivity contribution < 1.29 is 9.53 Å². The lowest BCUT2D eigenvalue weighted by Gasteiger charge is -2.29. The van der Waals surface area contributed by atoms with Gasteiger partial charge in [-0.2, -0.15) is 0 Å². The van der Waals surface area contributed by atoms with Gasteiger partial charge in [0.1, 0.15) is 0 Å². The van der Waals surface area contributed by atoms with Crippen LogP contribution in [0.25, 0.3) is 0 Å². The maximum atomic E-state index is 11.9. The summed E-state index contributed by atoms with van der Waals surface area (Å²) in [5, 5.41) is 3.43. The quantitative estimate of drug-likeness (QED) is 0.873. The second kappa shape index (κ2) is 9.18. The number of nitrogens with one attached hydrogen (secondary N) is 1. The van der Waals surface area contributed by atoms with Crippen LogP contribution >= 0.6 is 24.8 Å². The van der Waals surface area contributed by atoms with Gasteiger partial charge >= 0.3 is 5.97 Å². The van der Waals surface area contributed by atoms with Crippen LogP contribution in [0.5, 0.6) is 0 Å². The number of carbonyl (C=O) groups is 1. The topological polar surface area (TPSA) is 38.3 Å². The monoisotopic (exact) mass is 305 g/mol. The molecule has 1 aliphatic heterocycles. The summed E-state index contributed by atoms with van der Waals surface area (Å²) in [6.07, 6.45) is 3.41. The fourth-order valence-electron chi connectivity index (χ4n) is 2.48. The van der Waals surface area contributed by atoms with Crippen molar-refractivity contribution in [1.29, 1.82) is 0 Å². The highest BCUT2D eigenvalue weighted by atomic mass is 35.5. The molecule has 3 nitrogen and oxygen atoms in total. The summed E-state index contributed by atoms with van der Waals surface area (Å²) in [5.41, 5.74) is 1.04. The highest BCUT2D eigenvalue weighted by Crippen LogP contribution is 2.26. The Labute approximate surface area is 126 Å². The van der Waals surface area contributed by atoms with Gasteiger partial charge in [-0.25, -0.2) is 0 Å². The molecule has 0 saturated carbocycles. The first-order valence-corrected chi connectivity index (χ1v) is 6.19. The maximum Gasteiger partial charge on any atom is 0.314 e.